The predicted octanol–water partition coefficient (Wildman–Crippen LogP) is 2.48. The number of carbonyl (C=O) groups is 1. The first-order chi connectivity index (χ1) is 9.65. The molecule has 21 heavy (non-hydrogen) atoms. The molecule has 120 valence electrons. The average molecular weight is 294 g/mol. The van der Waals surface area contributed by atoms with Crippen molar-refractivity contribution in [2.24, 2.45) is 0 Å². The van der Waals surface area contributed by atoms with Crippen LogP contribution in [0.15, 0.2) is 0 Å². The summed E-state index contributed by atoms with van der Waals surface area (Å²) in [6, 6.07) is 0.202. The molecule has 0 aliphatic rings. The van der Waals surface area contributed by atoms with Crippen LogP contribution < -0.4 is 10.6 Å². The Hall–Kier alpha value is -1.36. The fourth-order valence-electron chi connectivity index (χ4n) is 2.63. The topological polar surface area (TPSA) is 59.0 Å². The van der Waals surface area contributed by atoms with E-state index >= 15 is 0 Å². The largest absolute Gasteiger partial charge is 0.351 e. The third-order valence-corrected chi connectivity index (χ3v) is 3.49. The summed E-state index contributed by atoms with van der Waals surface area (Å²) in [6.07, 6.45) is 0.488. The first-order valence-electron chi connectivity index (χ1n) is 7.74. The molecule has 0 saturated heterocycles. The standard InChI is InChI=1S/C16H30N4O/c1-8-20-13(4)15(12(3)19-20)11(2)17-10-9-14(21)18-16(5,6)7/h11,17H,8-10H2,1-7H3,(H,18,21). The minimum atomic E-state index is -0.169. The van der Waals surface area contributed by atoms with Gasteiger partial charge in [0.15, 0.2) is 0 Å². The summed E-state index contributed by atoms with van der Waals surface area (Å²) in [7, 11) is 0. The molecule has 1 rings (SSSR count). The van der Waals surface area contributed by atoms with Gasteiger partial charge in [-0.2, -0.15) is 5.10 Å². The molecule has 0 aromatic carbocycles. The van der Waals surface area contributed by atoms with Gasteiger partial charge in [-0.05, 0) is 48.5 Å². The minimum Gasteiger partial charge on any atom is -0.351 e. The van der Waals surface area contributed by atoms with E-state index in [-0.39, 0.29) is 17.5 Å². The smallest absolute Gasteiger partial charge is 0.221 e. The first kappa shape index (κ1) is 17.7. The van der Waals surface area contributed by atoms with Crippen molar-refractivity contribution in [3.05, 3.63) is 17.0 Å². The van der Waals surface area contributed by atoms with E-state index in [4.69, 9.17) is 0 Å². The van der Waals surface area contributed by atoms with Crippen molar-refractivity contribution in [3.8, 4) is 0 Å². The van der Waals surface area contributed by atoms with Crippen LogP contribution in [0.5, 0.6) is 0 Å². The molecule has 0 aliphatic carbocycles. The molecule has 0 fully saturated rings. The Morgan fingerprint density at radius 2 is 1.95 bits per heavy atom. The number of hydrogen-bond donors (Lipinski definition) is 2. The molecule has 2 N–H and O–H groups in total. The molecule has 1 aromatic rings. The number of nitrogens with one attached hydrogen (secondary N) is 2. The Morgan fingerprint density at radius 1 is 1.33 bits per heavy atom. The van der Waals surface area contributed by atoms with Crippen LogP contribution in [0.1, 0.15) is 64.0 Å². The first-order valence-corrected chi connectivity index (χ1v) is 7.74. The molecule has 1 heterocycles. The molecule has 0 radical (unpaired) electrons. The van der Waals surface area contributed by atoms with Crippen LogP contribution in [0, 0.1) is 13.8 Å². The van der Waals surface area contributed by atoms with Crippen molar-refractivity contribution >= 4 is 5.91 Å². The third kappa shape index (κ3) is 5.16. The van der Waals surface area contributed by atoms with Gasteiger partial charge in [-0.25, -0.2) is 0 Å². The van der Waals surface area contributed by atoms with E-state index < -0.39 is 0 Å². The van der Waals surface area contributed by atoms with Crippen molar-refractivity contribution in [2.75, 3.05) is 6.54 Å². The second-order valence-corrected chi connectivity index (χ2v) is 6.62. The second-order valence-electron chi connectivity index (χ2n) is 6.62. The zero-order chi connectivity index (χ0) is 16.2. The Morgan fingerprint density at radius 3 is 2.43 bits per heavy atom. The summed E-state index contributed by atoms with van der Waals surface area (Å²) in [5, 5.41) is 10.9. The van der Waals surface area contributed by atoms with Gasteiger partial charge in [0, 0.05) is 42.3 Å². The predicted molar refractivity (Wildman–Crippen MR) is 86.3 cm³/mol. The Bertz CT molecular complexity index is 485. The number of nitrogens with zero attached hydrogens (tertiary/aromatic N) is 2. The molecule has 1 atom stereocenters. The number of aromatic nitrogens is 2. The molecule has 1 aromatic heterocycles. The van der Waals surface area contributed by atoms with E-state index in [0.29, 0.717) is 13.0 Å². The molecule has 0 spiro atoms. The molecule has 5 heteroatoms. The van der Waals surface area contributed by atoms with Crippen LogP contribution >= 0.6 is 0 Å². The Balaban J connectivity index is 2.53. The fraction of sp³-hybridized carbons (Fsp3) is 0.750. The summed E-state index contributed by atoms with van der Waals surface area (Å²) in [6.45, 7) is 15.9. The highest BCUT2D eigenvalue weighted by Crippen LogP contribution is 2.21. The lowest BCUT2D eigenvalue weighted by molar-refractivity contribution is -0.122. The zero-order valence-electron chi connectivity index (χ0n) is 14.5. The van der Waals surface area contributed by atoms with Crippen molar-refractivity contribution in [3.63, 3.8) is 0 Å². The normalized spacial score (nSPS) is 13.3. The monoisotopic (exact) mass is 294 g/mol. The van der Waals surface area contributed by atoms with Crippen LogP contribution in [-0.2, 0) is 11.3 Å². The van der Waals surface area contributed by atoms with Gasteiger partial charge in [-0.3, -0.25) is 9.48 Å². The van der Waals surface area contributed by atoms with Crippen LogP contribution in [0.2, 0.25) is 0 Å². The van der Waals surface area contributed by atoms with Crippen molar-refractivity contribution in [2.45, 2.75) is 73.0 Å². The van der Waals surface area contributed by atoms with E-state index in [1.807, 2.05) is 32.4 Å². The average Bonchev–Trinajstić information content (AvgIpc) is 2.61. The van der Waals surface area contributed by atoms with Crippen molar-refractivity contribution in [1.29, 1.82) is 0 Å². The number of carbonyl (C=O) groups excluding carboxylic acids is 1. The lowest BCUT2D eigenvalue weighted by Gasteiger charge is -2.21. The van der Waals surface area contributed by atoms with Gasteiger partial charge in [-0.15, -0.1) is 0 Å². The van der Waals surface area contributed by atoms with Gasteiger partial charge in [0.25, 0.3) is 0 Å². The maximum absolute atomic E-state index is 11.8. The molecule has 0 bridgehead atoms. The minimum absolute atomic E-state index is 0.0832. The molecular weight excluding hydrogens is 264 g/mol. The summed E-state index contributed by atoms with van der Waals surface area (Å²) < 4.78 is 2.02. The van der Waals surface area contributed by atoms with Gasteiger partial charge in [0.05, 0.1) is 5.69 Å². The van der Waals surface area contributed by atoms with Crippen molar-refractivity contribution in [1.82, 2.24) is 20.4 Å². The summed E-state index contributed by atoms with van der Waals surface area (Å²) in [5.41, 5.74) is 3.34. The molecular formula is C16H30N4O. The highest BCUT2D eigenvalue weighted by molar-refractivity contribution is 5.76. The van der Waals surface area contributed by atoms with E-state index in [9.17, 15) is 4.79 Å². The third-order valence-electron chi connectivity index (χ3n) is 3.49. The van der Waals surface area contributed by atoms with Gasteiger partial charge in [0.2, 0.25) is 5.91 Å². The number of amides is 1. The van der Waals surface area contributed by atoms with Crippen molar-refractivity contribution < 1.29 is 4.79 Å². The number of hydrogen-bond acceptors (Lipinski definition) is 3. The molecule has 1 unspecified atom stereocenters. The zero-order valence-corrected chi connectivity index (χ0v) is 14.5. The van der Waals surface area contributed by atoms with Gasteiger partial charge in [-0.1, -0.05) is 0 Å². The fourth-order valence-corrected chi connectivity index (χ4v) is 2.63. The molecule has 0 saturated carbocycles. The molecule has 0 aliphatic heterocycles. The lowest BCUT2D eigenvalue weighted by Crippen LogP contribution is -2.41. The molecule has 1 amide bonds. The summed E-state index contributed by atoms with van der Waals surface area (Å²) in [4.78, 5) is 11.8. The quantitative estimate of drug-likeness (QED) is 0.847. The second kappa shape index (κ2) is 7.07. The van der Waals surface area contributed by atoms with E-state index in [2.05, 4.69) is 36.5 Å². The molecule has 5 nitrogen and oxygen atoms in total. The SMILES string of the molecule is CCn1nc(C)c(C(C)NCCC(=O)NC(C)(C)C)c1C. The highest BCUT2D eigenvalue weighted by atomic mass is 16.1. The van der Waals surface area contributed by atoms with Gasteiger partial charge < -0.3 is 10.6 Å². The Kier molecular flexibility index (Phi) is 5.96. The summed E-state index contributed by atoms with van der Waals surface area (Å²) in [5.74, 6) is 0.0832. The van der Waals surface area contributed by atoms with Gasteiger partial charge in [0.1, 0.15) is 0 Å². The van der Waals surface area contributed by atoms with Crippen LogP contribution in [-0.4, -0.2) is 27.8 Å². The van der Waals surface area contributed by atoms with E-state index in [1.165, 1.54) is 11.3 Å². The maximum Gasteiger partial charge on any atom is 0.221 e. The number of aryl methyl sites for hydroxylation is 2. The van der Waals surface area contributed by atoms with Crippen LogP contribution in [0.25, 0.3) is 0 Å². The van der Waals surface area contributed by atoms with E-state index in [1.54, 1.807) is 0 Å². The Labute approximate surface area is 128 Å². The van der Waals surface area contributed by atoms with Gasteiger partial charge >= 0.3 is 0 Å². The highest BCUT2D eigenvalue weighted by Gasteiger charge is 2.17. The van der Waals surface area contributed by atoms with E-state index in [0.717, 1.165) is 12.2 Å². The van der Waals surface area contributed by atoms with Crippen LogP contribution in [0.3, 0.4) is 0 Å². The maximum atomic E-state index is 11.8. The summed E-state index contributed by atoms with van der Waals surface area (Å²) >= 11 is 0. The number of rotatable bonds is 6. The lowest BCUT2D eigenvalue weighted by atomic mass is 10.1. The van der Waals surface area contributed by atoms with Crippen LogP contribution in [0.4, 0.5) is 0 Å².